The third kappa shape index (κ3) is 3.35. The maximum absolute atomic E-state index is 13.2. The van der Waals surface area contributed by atoms with Crippen LogP contribution in [0, 0.1) is 5.82 Å². The second-order valence-corrected chi connectivity index (χ2v) is 7.03. The van der Waals surface area contributed by atoms with Crippen LogP contribution < -0.4 is 5.69 Å². The summed E-state index contributed by atoms with van der Waals surface area (Å²) < 4.78 is 16.1. The number of para-hydroxylation sites is 1. The van der Waals surface area contributed by atoms with Crippen molar-refractivity contribution in [1.29, 1.82) is 0 Å². The highest BCUT2D eigenvalue weighted by Gasteiger charge is 2.30. The number of aryl methyl sites for hydroxylation is 1. The van der Waals surface area contributed by atoms with Crippen molar-refractivity contribution in [2.75, 3.05) is 13.1 Å². The van der Waals surface area contributed by atoms with Crippen LogP contribution in [0.15, 0.2) is 59.4 Å². The number of likely N-dealkylation sites (tertiary alicyclic amines) is 1. The number of carbonyl (C=O) groups is 1. The molecule has 6 nitrogen and oxygen atoms in total. The highest BCUT2D eigenvalue weighted by atomic mass is 19.1. The van der Waals surface area contributed by atoms with E-state index in [4.69, 9.17) is 0 Å². The van der Waals surface area contributed by atoms with Crippen molar-refractivity contribution in [2.24, 2.45) is 7.05 Å². The molecule has 0 N–H and O–H groups in total. The van der Waals surface area contributed by atoms with Crippen LogP contribution in [0.4, 0.5) is 4.39 Å². The first kappa shape index (κ1) is 18.2. The molecule has 0 spiro atoms. The smallest absolute Gasteiger partial charge is 0.338 e. The molecule has 0 aliphatic carbocycles. The van der Waals surface area contributed by atoms with E-state index >= 15 is 0 Å². The molecule has 0 saturated carbocycles. The zero-order valence-electron chi connectivity index (χ0n) is 15.6. The van der Waals surface area contributed by atoms with Gasteiger partial charge in [-0.15, -0.1) is 0 Å². The number of nitrogens with zero attached hydrogens (tertiary/aromatic N) is 4. The molecule has 144 valence electrons. The largest absolute Gasteiger partial charge is 0.350 e. The predicted molar refractivity (Wildman–Crippen MR) is 103 cm³/mol. The topological polar surface area (TPSA) is 60.1 Å². The van der Waals surface area contributed by atoms with Gasteiger partial charge in [0.05, 0.1) is 5.69 Å². The van der Waals surface area contributed by atoms with Gasteiger partial charge in [-0.2, -0.15) is 5.10 Å². The SMILES string of the molecule is Cn1nc(C2CCCN(C(=O)c3ccc(F)cc3)C2)n(-c2ccccc2)c1=O. The Morgan fingerprint density at radius 3 is 2.54 bits per heavy atom. The lowest BCUT2D eigenvalue weighted by molar-refractivity contribution is 0.0703. The van der Waals surface area contributed by atoms with Crippen LogP contribution in [0.1, 0.15) is 34.9 Å². The average molecular weight is 380 g/mol. The summed E-state index contributed by atoms with van der Waals surface area (Å²) in [6.45, 7) is 1.11. The van der Waals surface area contributed by atoms with Crippen molar-refractivity contribution in [3.63, 3.8) is 0 Å². The van der Waals surface area contributed by atoms with Crippen LogP contribution in [0.25, 0.3) is 5.69 Å². The van der Waals surface area contributed by atoms with Crippen LogP contribution in [0.2, 0.25) is 0 Å². The minimum atomic E-state index is -0.367. The van der Waals surface area contributed by atoms with E-state index in [2.05, 4.69) is 5.10 Å². The van der Waals surface area contributed by atoms with Gasteiger partial charge in [0.25, 0.3) is 5.91 Å². The number of benzene rings is 2. The van der Waals surface area contributed by atoms with Gasteiger partial charge >= 0.3 is 5.69 Å². The molecule has 3 aromatic rings. The molecule has 1 fully saturated rings. The molecule has 1 aromatic heterocycles. The van der Waals surface area contributed by atoms with E-state index in [1.807, 2.05) is 30.3 Å². The Balaban J connectivity index is 1.64. The first-order valence-corrected chi connectivity index (χ1v) is 9.31. The Morgan fingerprint density at radius 1 is 1.11 bits per heavy atom. The van der Waals surface area contributed by atoms with Crippen LogP contribution in [-0.4, -0.2) is 38.2 Å². The lowest BCUT2D eigenvalue weighted by Gasteiger charge is -2.32. The van der Waals surface area contributed by atoms with E-state index in [1.54, 1.807) is 16.5 Å². The fourth-order valence-electron chi connectivity index (χ4n) is 3.72. The molecule has 2 heterocycles. The molecule has 0 bridgehead atoms. The van der Waals surface area contributed by atoms with Gasteiger partial charge < -0.3 is 4.90 Å². The van der Waals surface area contributed by atoms with Crippen molar-refractivity contribution >= 4 is 5.91 Å². The zero-order valence-corrected chi connectivity index (χ0v) is 15.6. The first-order valence-electron chi connectivity index (χ1n) is 9.31. The second kappa shape index (κ2) is 7.42. The van der Waals surface area contributed by atoms with Crippen molar-refractivity contribution in [3.05, 3.63) is 82.3 Å². The molecule has 1 amide bonds. The highest BCUT2D eigenvalue weighted by molar-refractivity contribution is 5.94. The van der Waals surface area contributed by atoms with Crippen LogP contribution >= 0.6 is 0 Å². The van der Waals surface area contributed by atoms with Crippen molar-refractivity contribution in [1.82, 2.24) is 19.2 Å². The van der Waals surface area contributed by atoms with E-state index < -0.39 is 0 Å². The monoisotopic (exact) mass is 380 g/mol. The van der Waals surface area contributed by atoms with Crippen LogP contribution in [0.3, 0.4) is 0 Å². The third-order valence-electron chi connectivity index (χ3n) is 5.13. The molecular weight excluding hydrogens is 359 g/mol. The molecular formula is C21H21FN4O2. The third-order valence-corrected chi connectivity index (χ3v) is 5.13. The molecule has 2 aromatic carbocycles. The second-order valence-electron chi connectivity index (χ2n) is 7.03. The number of piperidine rings is 1. The molecule has 28 heavy (non-hydrogen) atoms. The Kier molecular flexibility index (Phi) is 4.81. The standard InChI is InChI=1S/C21H21FN4O2/c1-24-21(28)26(18-7-3-2-4-8-18)19(23-24)16-6-5-13-25(14-16)20(27)15-9-11-17(22)12-10-15/h2-4,7-12,16H,5-6,13-14H2,1H3. The summed E-state index contributed by atoms with van der Waals surface area (Å²) in [7, 11) is 1.63. The lowest BCUT2D eigenvalue weighted by atomic mass is 9.96. The number of hydrogen-bond acceptors (Lipinski definition) is 3. The Hall–Kier alpha value is -3.22. The summed E-state index contributed by atoms with van der Waals surface area (Å²) in [5.74, 6) is 0.116. The minimum absolute atomic E-state index is 0.0488. The molecule has 1 unspecified atom stereocenters. The fraction of sp³-hybridized carbons (Fsp3) is 0.286. The quantitative estimate of drug-likeness (QED) is 0.702. The van der Waals surface area contributed by atoms with Gasteiger partial charge in [0, 0.05) is 31.6 Å². The minimum Gasteiger partial charge on any atom is -0.338 e. The number of carbonyl (C=O) groups excluding carboxylic acids is 1. The van der Waals surface area contributed by atoms with Gasteiger partial charge in [0.15, 0.2) is 0 Å². The number of hydrogen-bond donors (Lipinski definition) is 0. The molecule has 1 aliphatic heterocycles. The van der Waals surface area contributed by atoms with Crippen LogP contribution in [0.5, 0.6) is 0 Å². The first-order chi connectivity index (χ1) is 13.5. The lowest BCUT2D eigenvalue weighted by Crippen LogP contribution is -2.40. The van der Waals surface area contributed by atoms with E-state index in [9.17, 15) is 14.0 Å². The molecule has 7 heteroatoms. The molecule has 4 rings (SSSR count). The Labute approximate surface area is 161 Å². The summed E-state index contributed by atoms with van der Waals surface area (Å²) in [6, 6.07) is 15.0. The Morgan fingerprint density at radius 2 is 1.82 bits per heavy atom. The van der Waals surface area contributed by atoms with Gasteiger partial charge in [-0.3, -0.25) is 4.79 Å². The summed E-state index contributed by atoms with van der Waals surface area (Å²) in [6.07, 6.45) is 1.66. The number of rotatable bonds is 3. The number of halogens is 1. The van der Waals surface area contributed by atoms with Gasteiger partial charge in [-0.25, -0.2) is 18.4 Å². The number of aromatic nitrogens is 3. The van der Waals surface area contributed by atoms with E-state index in [0.29, 0.717) is 24.5 Å². The van der Waals surface area contributed by atoms with Gasteiger partial charge in [-0.1, -0.05) is 18.2 Å². The Bertz CT molecular complexity index is 1040. The molecule has 1 aliphatic rings. The average Bonchev–Trinajstić information content (AvgIpc) is 3.03. The van der Waals surface area contributed by atoms with Gasteiger partial charge in [0.2, 0.25) is 0 Å². The van der Waals surface area contributed by atoms with Crippen molar-refractivity contribution < 1.29 is 9.18 Å². The predicted octanol–water partition coefficient (Wildman–Crippen LogP) is 2.73. The maximum atomic E-state index is 13.2. The van der Waals surface area contributed by atoms with Gasteiger partial charge in [0.1, 0.15) is 11.6 Å². The van der Waals surface area contributed by atoms with E-state index in [-0.39, 0.29) is 23.3 Å². The fourth-order valence-corrected chi connectivity index (χ4v) is 3.72. The summed E-state index contributed by atoms with van der Waals surface area (Å²) in [5, 5.41) is 4.47. The summed E-state index contributed by atoms with van der Waals surface area (Å²) in [5.41, 5.74) is 1.02. The highest BCUT2D eigenvalue weighted by Crippen LogP contribution is 2.27. The van der Waals surface area contributed by atoms with Crippen molar-refractivity contribution in [3.8, 4) is 5.69 Å². The van der Waals surface area contributed by atoms with Crippen LogP contribution in [-0.2, 0) is 7.05 Å². The van der Waals surface area contributed by atoms with E-state index in [0.717, 1.165) is 18.5 Å². The zero-order chi connectivity index (χ0) is 19.7. The maximum Gasteiger partial charge on any atom is 0.350 e. The normalized spacial score (nSPS) is 16.9. The summed E-state index contributed by atoms with van der Waals surface area (Å²) in [4.78, 5) is 27.2. The molecule has 1 saturated heterocycles. The van der Waals surface area contributed by atoms with Crippen molar-refractivity contribution in [2.45, 2.75) is 18.8 Å². The van der Waals surface area contributed by atoms with Gasteiger partial charge in [-0.05, 0) is 49.2 Å². The number of amides is 1. The van der Waals surface area contributed by atoms with E-state index in [1.165, 1.54) is 28.9 Å². The molecule has 1 atom stereocenters. The molecule has 0 radical (unpaired) electrons. The summed E-state index contributed by atoms with van der Waals surface area (Å²) >= 11 is 0.